The molecule has 0 bridgehead atoms. The van der Waals surface area contributed by atoms with Gasteiger partial charge in [0, 0.05) is 6.54 Å². The van der Waals surface area contributed by atoms with E-state index in [-0.39, 0.29) is 9.44 Å². The summed E-state index contributed by atoms with van der Waals surface area (Å²) in [6.07, 6.45) is -4.72. The summed E-state index contributed by atoms with van der Waals surface area (Å²) in [6.45, 7) is -3.15. The molecule has 0 spiro atoms. The first-order valence-corrected chi connectivity index (χ1v) is 6.69. The van der Waals surface area contributed by atoms with Crippen LogP contribution >= 0.6 is 11.3 Å². The Morgan fingerprint density at radius 1 is 1.39 bits per heavy atom. The fourth-order valence-corrected chi connectivity index (χ4v) is 3.37. The average Bonchev–Trinajstić information content (AvgIpc) is 2.63. The number of rotatable bonds is 5. The topological polar surface area (TPSA) is 109 Å². The van der Waals surface area contributed by atoms with E-state index in [0.717, 1.165) is 0 Å². The number of nitrogens with two attached hydrogens (primary N) is 1. The van der Waals surface area contributed by atoms with Crippen molar-refractivity contribution < 1.29 is 26.7 Å². The number of aliphatic hydroxyl groups is 1. The molecule has 1 aromatic rings. The third-order valence-electron chi connectivity index (χ3n) is 1.69. The minimum absolute atomic E-state index is 0.0763. The molecule has 104 valence electrons. The van der Waals surface area contributed by atoms with Crippen molar-refractivity contribution in [2.24, 2.45) is 0 Å². The van der Waals surface area contributed by atoms with E-state index < -0.39 is 40.2 Å². The molecule has 0 saturated carbocycles. The van der Waals surface area contributed by atoms with Gasteiger partial charge in [-0.1, -0.05) is 11.3 Å². The number of halogens is 3. The van der Waals surface area contributed by atoms with Gasteiger partial charge >= 0.3 is 6.18 Å². The average molecular weight is 306 g/mol. The van der Waals surface area contributed by atoms with E-state index in [0.29, 0.717) is 11.3 Å². The van der Waals surface area contributed by atoms with Crippen LogP contribution in [0.4, 0.5) is 18.3 Å². The molecule has 0 atom stereocenters. The Labute approximate surface area is 104 Å². The van der Waals surface area contributed by atoms with Crippen molar-refractivity contribution in [2.45, 2.75) is 10.5 Å². The van der Waals surface area contributed by atoms with E-state index in [2.05, 4.69) is 10.2 Å². The molecule has 18 heavy (non-hydrogen) atoms. The summed E-state index contributed by atoms with van der Waals surface area (Å²) in [4.78, 5) is 0. The lowest BCUT2D eigenvalue weighted by Gasteiger charge is -2.20. The molecule has 1 heterocycles. The Kier molecular flexibility index (Phi) is 4.47. The number of nitrogen functional groups attached to an aromatic ring is 1. The number of alkyl halides is 3. The van der Waals surface area contributed by atoms with Crippen LogP contribution in [0.25, 0.3) is 0 Å². The highest BCUT2D eigenvalue weighted by molar-refractivity contribution is 7.91. The lowest BCUT2D eigenvalue weighted by Crippen LogP contribution is -2.40. The molecule has 0 saturated heterocycles. The molecule has 0 aromatic carbocycles. The number of aliphatic hydroxyl groups excluding tert-OH is 1. The van der Waals surface area contributed by atoms with Crippen molar-refractivity contribution in [1.82, 2.24) is 14.5 Å². The van der Waals surface area contributed by atoms with Gasteiger partial charge in [0.1, 0.15) is 6.54 Å². The SMILES string of the molecule is Nc1nnc(S(=O)(=O)N(CCO)CC(F)(F)F)s1. The van der Waals surface area contributed by atoms with Crippen molar-refractivity contribution in [3.8, 4) is 0 Å². The lowest BCUT2D eigenvalue weighted by atomic mass is 10.6. The highest BCUT2D eigenvalue weighted by Gasteiger charge is 2.38. The summed E-state index contributed by atoms with van der Waals surface area (Å²) < 4.78 is 59.7. The summed E-state index contributed by atoms with van der Waals surface area (Å²) in [6, 6.07) is 0. The van der Waals surface area contributed by atoms with Crippen molar-refractivity contribution in [1.29, 1.82) is 0 Å². The summed E-state index contributed by atoms with van der Waals surface area (Å²) in [5.74, 6) is 0. The molecule has 0 aliphatic rings. The smallest absolute Gasteiger partial charge is 0.395 e. The van der Waals surface area contributed by atoms with Crippen LogP contribution in [-0.2, 0) is 10.0 Å². The Hall–Kier alpha value is -0.980. The van der Waals surface area contributed by atoms with E-state index in [1.54, 1.807) is 0 Å². The molecule has 1 aromatic heterocycles. The van der Waals surface area contributed by atoms with Gasteiger partial charge in [0.15, 0.2) is 0 Å². The highest BCUT2D eigenvalue weighted by atomic mass is 32.2. The fraction of sp³-hybridized carbons (Fsp3) is 0.667. The maximum atomic E-state index is 12.2. The monoisotopic (exact) mass is 306 g/mol. The Bertz CT molecular complexity index is 500. The van der Waals surface area contributed by atoms with Gasteiger partial charge in [-0.25, -0.2) is 8.42 Å². The van der Waals surface area contributed by atoms with Gasteiger partial charge in [-0.3, -0.25) is 0 Å². The molecule has 0 fully saturated rings. The number of hydrogen-bond donors (Lipinski definition) is 2. The summed E-state index contributed by atoms with van der Waals surface area (Å²) >= 11 is 0.452. The zero-order valence-electron chi connectivity index (χ0n) is 8.75. The molecular formula is C6H9F3N4O3S2. The van der Waals surface area contributed by atoms with Gasteiger partial charge in [0.05, 0.1) is 6.61 Å². The predicted molar refractivity (Wildman–Crippen MR) is 56.2 cm³/mol. The van der Waals surface area contributed by atoms with E-state index in [1.165, 1.54) is 0 Å². The fourth-order valence-electron chi connectivity index (χ4n) is 1.03. The number of anilines is 1. The minimum Gasteiger partial charge on any atom is -0.395 e. The van der Waals surface area contributed by atoms with Crippen LogP contribution in [0.5, 0.6) is 0 Å². The van der Waals surface area contributed by atoms with Gasteiger partial charge in [-0.2, -0.15) is 17.5 Å². The molecule has 0 radical (unpaired) electrons. The van der Waals surface area contributed by atoms with Gasteiger partial charge in [0.25, 0.3) is 10.0 Å². The number of aromatic nitrogens is 2. The molecule has 0 aliphatic carbocycles. The zero-order valence-corrected chi connectivity index (χ0v) is 10.4. The van der Waals surface area contributed by atoms with E-state index in [4.69, 9.17) is 10.8 Å². The van der Waals surface area contributed by atoms with E-state index in [1.807, 2.05) is 0 Å². The Morgan fingerprint density at radius 3 is 2.39 bits per heavy atom. The number of hydrogen-bond acceptors (Lipinski definition) is 7. The lowest BCUT2D eigenvalue weighted by molar-refractivity contribution is -0.136. The Morgan fingerprint density at radius 2 is 2.00 bits per heavy atom. The van der Waals surface area contributed by atoms with Crippen LogP contribution in [0.3, 0.4) is 0 Å². The molecule has 0 amide bonds. The van der Waals surface area contributed by atoms with Gasteiger partial charge in [0.2, 0.25) is 9.47 Å². The second kappa shape index (κ2) is 5.34. The molecule has 7 nitrogen and oxygen atoms in total. The number of nitrogens with zero attached hydrogens (tertiary/aromatic N) is 3. The van der Waals surface area contributed by atoms with Crippen LogP contribution < -0.4 is 5.73 Å². The van der Waals surface area contributed by atoms with E-state index >= 15 is 0 Å². The molecule has 12 heteroatoms. The second-order valence-electron chi connectivity index (χ2n) is 3.08. The predicted octanol–water partition coefficient (Wildman–Crippen LogP) is -0.334. The quantitative estimate of drug-likeness (QED) is 0.770. The molecular weight excluding hydrogens is 297 g/mol. The van der Waals surface area contributed by atoms with Crippen LogP contribution in [0.15, 0.2) is 4.34 Å². The first-order valence-electron chi connectivity index (χ1n) is 4.43. The van der Waals surface area contributed by atoms with Crippen molar-refractivity contribution in [3.05, 3.63) is 0 Å². The first kappa shape index (κ1) is 15.1. The van der Waals surface area contributed by atoms with Gasteiger partial charge in [-0.15, -0.1) is 10.2 Å². The van der Waals surface area contributed by atoms with E-state index in [9.17, 15) is 21.6 Å². The van der Waals surface area contributed by atoms with Crippen LogP contribution in [-0.4, -0.2) is 53.9 Å². The normalized spacial score (nSPS) is 13.2. The molecule has 1 rings (SSSR count). The van der Waals surface area contributed by atoms with Crippen LogP contribution in [0.2, 0.25) is 0 Å². The Balaban J connectivity index is 3.04. The zero-order chi connectivity index (χ0) is 14.0. The third kappa shape index (κ3) is 3.76. The standard InChI is InChI=1S/C6H9F3N4O3S2/c7-6(8,9)3-13(1-2-14)18(15,16)5-12-11-4(10)17-5/h14H,1-3H2,(H2,10,11). The molecule has 3 N–H and O–H groups in total. The number of sulfonamides is 1. The van der Waals surface area contributed by atoms with Gasteiger partial charge < -0.3 is 10.8 Å². The summed E-state index contributed by atoms with van der Waals surface area (Å²) in [7, 11) is -4.46. The van der Waals surface area contributed by atoms with Crippen LogP contribution in [0.1, 0.15) is 0 Å². The largest absolute Gasteiger partial charge is 0.402 e. The first-order chi connectivity index (χ1) is 8.16. The molecule has 0 unspecified atom stereocenters. The summed E-state index contributed by atoms with van der Waals surface area (Å²) in [5, 5.41) is 14.8. The van der Waals surface area contributed by atoms with Gasteiger partial charge in [-0.05, 0) is 0 Å². The summed E-state index contributed by atoms with van der Waals surface area (Å²) in [5.41, 5.74) is 5.17. The molecule has 0 aliphatic heterocycles. The maximum Gasteiger partial charge on any atom is 0.402 e. The second-order valence-corrected chi connectivity index (χ2v) is 6.20. The van der Waals surface area contributed by atoms with Crippen LogP contribution in [0, 0.1) is 0 Å². The highest BCUT2D eigenvalue weighted by Crippen LogP contribution is 2.24. The van der Waals surface area contributed by atoms with Crippen molar-refractivity contribution in [2.75, 3.05) is 25.4 Å². The third-order valence-corrected chi connectivity index (χ3v) is 4.63. The van der Waals surface area contributed by atoms with Crippen molar-refractivity contribution >= 4 is 26.5 Å². The minimum atomic E-state index is -4.72. The maximum absolute atomic E-state index is 12.2. The van der Waals surface area contributed by atoms with Crippen molar-refractivity contribution in [3.63, 3.8) is 0 Å².